The number of carbonyl (C=O) groups excluding carboxylic acids is 2. The van der Waals surface area contributed by atoms with Crippen molar-refractivity contribution in [1.82, 2.24) is 10.6 Å². The largest absolute Gasteiger partial charge is 0.444 e. The molecule has 3 N–H and O–H groups in total. The summed E-state index contributed by atoms with van der Waals surface area (Å²) in [6.07, 6.45) is 0.397. The molecule has 2 aromatic carbocycles. The van der Waals surface area contributed by atoms with Crippen molar-refractivity contribution in [3.63, 3.8) is 0 Å². The van der Waals surface area contributed by atoms with Gasteiger partial charge in [-0.1, -0.05) is 74.5 Å². The van der Waals surface area contributed by atoms with Crippen LogP contribution >= 0.6 is 0 Å². The highest BCUT2D eigenvalue weighted by Crippen LogP contribution is 2.30. The molecule has 2 rings (SSSR count). The van der Waals surface area contributed by atoms with Crippen molar-refractivity contribution in [2.45, 2.75) is 84.7 Å². The second-order valence-corrected chi connectivity index (χ2v) is 11.7. The summed E-state index contributed by atoms with van der Waals surface area (Å²) < 4.78 is 11.4. The lowest BCUT2D eigenvalue weighted by Crippen LogP contribution is -2.49. The van der Waals surface area contributed by atoms with Gasteiger partial charge in [-0.25, -0.2) is 4.79 Å². The first kappa shape index (κ1) is 31.3. The topological polar surface area (TPSA) is 96.9 Å². The lowest BCUT2D eigenvalue weighted by molar-refractivity contribution is -0.125. The lowest BCUT2D eigenvalue weighted by Gasteiger charge is -2.34. The second-order valence-electron chi connectivity index (χ2n) is 11.7. The van der Waals surface area contributed by atoms with E-state index >= 15 is 0 Å². The Morgan fingerprint density at radius 1 is 0.921 bits per heavy atom. The Labute approximate surface area is 228 Å². The fourth-order valence-electron chi connectivity index (χ4n) is 4.39. The van der Waals surface area contributed by atoms with Gasteiger partial charge in [0.2, 0.25) is 5.91 Å². The molecule has 0 saturated heterocycles. The van der Waals surface area contributed by atoms with Crippen LogP contribution < -0.4 is 10.6 Å². The van der Waals surface area contributed by atoms with Crippen LogP contribution in [0, 0.1) is 11.3 Å². The van der Waals surface area contributed by atoms with Gasteiger partial charge in [0.05, 0.1) is 18.8 Å². The molecular formula is C31H46N2O5. The summed E-state index contributed by atoms with van der Waals surface area (Å²) in [5.74, 6) is -0.588. The summed E-state index contributed by atoms with van der Waals surface area (Å²) in [5.41, 5.74) is 1.21. The van der Waals surface area contributed by atoms with Crippen molar-refractivity contribution in [3.05, 3.63) is 71.8 Å². The number of ether oxygens (including phenoxy) is 2. The molecule has 0 heterocycles. The first-order valence-corrected chi connectivity index (χ1v) is 13.4. The molecule has 0 aliphatic heterocycles. The van der Waals surface area contributed by atoms with Crippen molar-refractivity contribution in [2.75, 3.05) is 13.7 Å². The predicted octanol–water partition coefficient (Wildman–Crippen LogP) is 5.26. The van der Waals surface area contributed by atoms with E-state index in [1.807, 2.05) is 60.7 Å². The minimum absolute atomic E-state index is 0.141. The van der Waals surface area contributed by atoms with E-state index < -0.39 is 29.8 Å². The van der Waals surface area contributed by atoms with Crippen LogP contribution in [0.1, 0.15) is 65.0 Å². The van der Waals surface area contributed by atoms with Crippen LogP contribution in [0.3, 0.4) is 0 Å². The summed E-state index contributed by atoms with van der Waals surface area (Å²) in [6.45, 7) is 10.7. The number of hydrogen-bond acceptors (Lipinski definition) is 5. The Morgan fingerprint density at radius 3 is 2.05 bits per heavy atom. The van der Waals surface area contributed by atoms with Gasteiger partial charge in [0.1, 0.15) is 5.60 Å². The summed E-state index contributed by atoms with van der Waals surface area (Å²) in [6, 6.07) is 19.1. The van der Waals surface area contributed by atoms with Crippen molar-refractivity contribution in [1.29, 1.82) is 0 Å². The van der Waals surface area contributed by atoms with Crippen LogP contribution in [-0.2, 0) is 27.3 Å². The van der Waals surface area contributed by atoms with E-state index in [0.29, 0.717) is 26.1 Å². The standard InChI is InChI=1S/C31H46N2O5/c1-30(2,3)38-29(36)33-26(21-31(4,5)17-18-37-22-24-15-11-8-12-16-24)27(34)20-25(28(35)32-6)19-23-13-9-7-10-14-23/h7-16,25-27,34H,17-22H2,1-6H3,(H,32,35)(H,33,36)/t25-,26+,27+/m1/s1. The number of aliphatic hydroxyl groups is 1. The van der Waals surface area contributed by atoms with Crippen molar-refractivity contribution in [2.24, 2.45) is 11.3 Å². The average molecular weight is 527 g/mol. The molecule has 0 fully saturated rings. The number of rotatable bonds is 14. The average Bonchev–Trinajstić information content (AvgIpc) is 2.85. The number of nitrogens with one attached hydrogen (secondary N) is 2. The number of amides is 2. The quantitative estimate of drug-likeness (QED) is 0.292. The van der Waals surface area contributed by atoms with Crippen LogP contribution in [0.25, 0.3) is 0 Å². The number of carbonyl (C=O) groups is 2. The molecule has 0 aliphatic rings. The highest BCUT2D eigenvalue weighted by Gasteiger charge is 2.33. The minimum Gasteiger partial charge on any atom is -0.444 e. The zero-order valence-corrected chi connectivity index (χ0v) is 23.8. The molecule has 0 radical (unpaired) electrons. The summed E-state index contributed by atoms with van der Waals surface area (Å²) in [7, 11) is 1.60. The van der Waals surface area contributed by atoms with E-state index in [9.17, 15) is 14.7 Å². The van der Waals surface area contributed by atoms with Gasteiger partial charge >= 0.3 is 6.09 Å². The van der Waals surface area contributed by atoms with Crippen LogP contribution in [0.15, 0.2) is 60.7 Å². The van der Waals surface area contributed by atoms with Crippen LogP contribution in [0.2, 0.25) is 0 Å². The zero-order chi connectivity index (χ0) is 28.2. The Hall–Kier alpha value is -2.90. The van der Waals surface area contributed by atoms with Gasteiger partial charge in [0, 0.05) is 19.6 Å². The van der Waals surface area contributed by atoms with Crippen LogP contribution in [-0.4, -0.2) is 48.5 Å². The molecule has 0 aromatic heterocycles. The maximum atomic E-state index is 12.7. The van der Waals surface area contributed by atoms with Crippen molar-refractivity contribution >= 4 is 12.0 Å². The Balaban J connectivity index is 2.09. The molecule has 7 nitrogen and oxygen atoms in total. The maximum absolute atomic E-state index is 12.7. The van der Waals surface area contributed by atoms with E-state index in [1.165, 1.54) is 0 Å². The van der Waals surface area contributed by atoms with E-state index in [1.54, 1.807) is 27.8 Å². The molecule has 0 bridgehead atoms. The highest BCUT2D eigenvalue weighted by atomic mass is 16.6. The summed E-state index contributed by atoms with van der Waals surface area (Å²) in [4.78, 5) is 25.4. The Morgan fingerprint density at radius 2 is 1.50 bits per heavy atom. The van der Waals surface area contributed by atoms with Crippen LogP contribution in [0.4, 0.5) is 4.79 Å². The molecule has 0 saturated carbocycles. The number of hydrogen-bond donors (Lipinski definition) is 3. The molecule has 0 spiro atoms. The van der Waals surface area contributed by atoms with Gasteiger partial charge < -0.3 is 25.2 Å². The maximum Gasteiger partial charge on any atom is 0.407 e. The molecular weight excluding hydrogens is 480 g/mol. The normalized spacial score (nSPS) is 14.3. The third kappa shape index (κ3) is 12.1. The van der Waals surface area contributed by atoms with Gasteiger partial charge in [0.25, 0.3) is 0 Å². The smallest absolute Gasteiger partial charge is 0.407 e. The Bertz CT molecular complexity index is 973. The monoisotopic (exact) mass is 526 g/mol. The minimum atomic E-state index is -0.946. The zero-order valence-electron chi connectivity index (χ0n) is 23.8. The number of aliphatic hydroxyl groups excluding tert-OH is 1. The van der Waals surface area contributed by atoms with Gasteiger partial charge in [-0.3, -0.25) is 4.79 Å². The summed E-state index contributed by atoms with van der Waals surface area (Å²) in [5, 5.41) is 17.0. The highest BCUT2D eigenvalue weighted by molar-refractivity contribution is 5.78. The molecule has 3 atom stereocenters. The van der Waals surface area contributed by atoms with Crippen molar-refractivity contribution in [3.8, 4) is 0 Å². The van der Waals surface area contributed by atoms with Gasteiger partial charge in [-0.2, -0.15) is 0 Å². The first-order valence-electron chi connectivity index (χ1n) is 13.4. The lowest BCUT2D eigenvalue weighted by atomic mass is 9.79. The van der Waals surface area contributed by atoms with E-state index in [-0.39, 0.29) is 17.7 Å². The third-order valence-electron chi connectivity index (χ3n) is 6.44. The fourth-order valence-corrected chi connectivity index (χ4v) is 4.39. The third-order valence-corrected chi connectivity index (χ3v) is 6.44. The molecule has 2 aromatic rings. The number of alkyl carbamates (subject to hydrolysis) is 1. The second kappa shape index (κ2) is 14.9. The fraction of sp³-hybridized carbons (Fsp3) is 0.548. The molecule has 38 heavy (non-hydrogen) atoms. The molecule has 0 aliphatic carbocycles. The molecule has 7 heteroatoms. The predicted molar refractivity (Wildman–Crippen MR) is 151 cm³/mol. The van der Waals surface area contributed by atoms with Gasteiger partial charge in [-0.05, 0) is 63.0 Å². The van der Waals surface area contributed by atoms with E-state index in [4.69, 9.17) is 9.47 Å². The molecule has 210 valence electrons. The molecule has 0 unspecified atom stereocenters. The molecule has 2 amide bonds. The first-order chi connectivity index (χ1) is 17.9. The Kier molecular flexibility index (Phi) is 12.3. The van der Waals surface area contributed by atoms with Gasteiger partial charge in [0.15, 0.2) is 0 Å². The SMILES string of the molecule is CNC(=O)[C@H](Cc1ccccc1)C[C@H](O)[C@H](CC(C)(C)CCOCc1ccccc1)NC(=O)OC(C)(C)C. The van der Waals surface area contributed by atoms with E-state index in [2.05, 4.69) is 24.5 Å². The van der Waals surface area contributed by atoms with Crippen LogP contribution in [0.5, 0.6) is 0 Å². The summed E-state index contributed by atoms with van der Waals surface area (Å²) >= 11 is 0. The van der Waals surface area contributed by atoms with E-state index in [0.717, 1.165) is 17.5 Å². The van der Waals surface area contributed by atoms with Crippen molar-refractivity contribution < 1.29 is 24.2 Å². The van der Waals surface area contributed by atoms with Gasteiger partial charge in [-0.15, -0.1) is 0 Å². The number of benzene rings is 2.